The lowest BCUT2D eigenvalue weighted by Crippen LogP contribution is -2.20. The Morgan fingerprint density at radius 2 is 1.86 bits per heavy atom. The van der Waals surface area contributed by atoms with Gasteiger partial charge in [0.05, 0.1) is 0 Å². The fraction of sp³-hybridized carbons (Fsp3) is 1.00. The summed E-state index contributed by atoms with van der Waals surface area (Å²) in [7, 11) is 0. The van der Waals surface area contributed by atoms with Crippen LogP contribution in [0.15, 0.2) is 0 Å². The van der Waals surface area contributed by atoms with Gasteiger partial charge in [-0.15, -0.1) is 0 Å². The molecule has 0 spiro atoms. The quantitative estimate of drug-likeness (QED) is 0.629. The van der Waals surface area contributed by atoms with Crippen molar-refractivity contribution in [3.63, 3.8) is 0 Å². The first-order chi connectivity index (χ1) is 6.55. The number of rotatable bonds is 8. The van der Waals surface area contributed by atoms with Crippen molar-refractivity contribution in [2.24, 2.45) is 17.1 Å². The van der Waals surface area contributed by atoms with Crippen molar-refractivity contribution >= 4 is 0 Å². The molecule has 86 valence electrons. The van der Waals surface area contributed by atoms with Gasteiger partial charge >= 0.3 is 0 Å². The Bertz CT molecular complexity index is 129. The smallest absolute Gasteiger partial charge is 0.00722 e. The fourth-order valence-electron chi connectivity index (χ4n) is 2.22. The predicted octanol–water partition coefficient (Wildman–Crippen LogP) is 3.97. The third-order valence-corrected chi connectivity index (χ3v) is 3.21. The molecule has 0 bridgehead atoms. The minimum atomic E-state index is 0.448. The highest BCUT2D eigenvalue weighted by atomic mass is 14.5. The maximum Gasteiger partial charge on any atom is -0.00722 e. The molecule has 0 radical (unpaired) electrons. The van der Waals surface area contributed by atoms with Crippen LogP contribution in [0.25, 0.3) is 0 Å². The van der Waals surface area contributed by atoms with E-state index in [1.54, 1.807) is 0 Å². The highest BCUT2D eigenvalue weighted by molar-refractivity contribution is 4.73. The monoisotopic (exact) mass is 199 g/mol. The van der Waals surface area contributed by atoms with Crippen LogP contribution in [0.3, 0.4) is 0 Å². The Balaban J connectivity index is 3.89. The van der Waals surface area contributed by atoms with Crippen molar-refractivity contribution in [2.75, 3.05) is 6.54 Å². The Labute approximate surface area is 90.5 Å². The van der Waals surface area contributed by atoms with E-state index in [0.717, 1.165) is 18.9 Å². The van der Waals surface area contributed by atoms with Gasteiger partial charge in [-0.2, -0.15) is 0 Å². The van der Waals surface area contributed by atoms with Crippen molar-refractivity contribution in [1.29, 1.82) is 0 Å². The summed E-state index contributed by atoms with van der Waals surface area (Å²) in [5.41, 5.74) is 6.08. The maximum atomic E-state index is 5.63. The Morgan fingerprint density at radius 1 is 1.21 bits per heavy atom. The Kier molecular flexibility index (Phi) is 7.26. The molecule has 0 aliphatic carbocycles. The molecule has 1 heteroatoms. The lowest BCUT2D eigenvalue weighted by Gasteiger charge is -2.29. The zero-order chi connectivity index (χ0) is 11.0. The zero-order valence-corrected chi connectivity index (χ0v) is 10.6. The fourth-order valence-corrected chi connectivity index (χ4v) is 2.22. The molecule has 0 saturated heterocycles. The third-order valence-electron chi connectivity index (χ3n) is 3.21. The van der Waals surface area contributed by atoms with Crippen LogP contribution in [0.2, 0.25) is 0 Å². The van der Waals surface area contributed by atoms with Crippen LogP contribution in [0.4, 0.5) is 0 Å². The van der Waals surface area contributed by atoms with Crippen LogP contribution in [0.1, 0.15) is 66.2 Å². The van der Waals surface area contributed by atoms with Gasteiger partial charge in [0.2, 0.25) is 0 Å². The van der Waals surface area contributed by atoms with E-state index in [1.165, 1.54) is 32.1 Å². The predicted molar refractivity (Wildman–Crippen MR) is 65.4 cm³/mol. The molecule has 0 saturated carbocycles. The minimum Gasteiger partial charge on any atom is -0.330 e. The van der Waals surface area contributed by atoms with E-state index in [-0.39, 0.29) is 0 Å². The van der Waals surface area contributed by atoms with Gasteiger partial charge in [-0.3, -0.25) is 0 Å². The molecule has 0 heterocycles. The summed E-state index contributed by atoms with van der Waals surface area (Å²) in [5.74, 6) is 0.913. The number of hydrogen-bond donors (Lipinski definition) is 1. The molecule has 1 nitrogen and oxygen atoms in total. The van der Waals surface area contributed by atoms with Gasteiger partial charge < -0.3 is 5.73 Å². The van der Waals surface area contributed by atoms with E-state index in [1.807, 2.05) is 0 Å². The van der Waals surface area contributed by atoms with E-state index in [9.17, 15) is 0 Å². The molecule has 0 aliphatic rings. The molecule has 0 rings (SSSR count). The highest BCUT2D eigenvalue weighted by Gasteiger charge is 2.21. The van der Waals surface area contributed by atoms with Crippen molar-refractivity contribution in [2.45, 2.75) is 66.2 Å². The van der Waals surface area contributed by atoms with Crippen molar-refractivity contribution in [3.05, 3.63) is 0 Å². The van der Waals surface area contributed by atoms with E-state index in [2.05, 4.69) is 27.7 Å². The van der Waals surface area contributed by atoms with Crippen LogP contribution >= 0.6 is 0 Å². The van der Waals surface area contributed by atoms with Crippen molar-refractivity contribution in [3.8, 4) is 0 Å². The summed E-state index contributed by atoms with van der Waals surface area (Å²) in [6.45, 7) is 10.1. The first-order valence-corrected chi connectivity index (χ1v) is 6.25. The standard InChI is InChI=1S/C13H29N/c1-5-7-8-12(6-2)11-13(3,4)9-10-14/h12H,5-11,14H2,1-4H3. The first-order valence-electron chi connectivity index (χ1n) is 6.25. The van der Waals surface area contributed by atoms with Gasteiger partial charge in [0.1, 0.15) is 0 Å². The van der Waals surface area contributed by atoms with E-state index < -0.39 is 0 Å². The van der Waals surface area contributed by atoms with Gasteiger partial charge in [0.25, 0.3) is 0 Å². The molecular weight excluding hydrogens is 170 g/mol. The second-order valence-corrected chi connectivity index (χ2v) is 5.32. The van der Waals surface area contributed by atoms with Crippen LogP contribution in [-0.4, -0.2) is 6.54 Å². The minimum absolute atomic E-state index is 0.448. The molecule has 0 amide bonds. The van der Waals surface area contributed by atoms with Crippen LogP contribution in [-0.2, 0) is 0 Å². The Hall–Kier alpha value is -0.0400. The second-order valence-electron chi connectivity index (χ2n) is 5.32. The molecule has 2 N–H and O–H groups in total. The summed E-state index contributed by atoms with van der Waals surface area (Å²) >= 11 is 0. The van der Waals surface area contributed by atoms with Crippen LogP contribution in [0.5, 0.6) is 0 Å². The SMILES string of the molecule is CCCCC(CC)CC(C)(C)CCN. The molecule has 0 aromatic carbocycles. The van der Waals surface area contributed by atoms with Gasteiger partial charge in [-0.25, -0.2) is 0 Å². The summed E-state index contributed by atoms with van der Waals surface area (Å²) in [4.78, 5) is 0. The first kappa shape index (κ1) is 14.0. The van der Waals surface area contributed by atoms with E-state index in [4.69, 9.17) is 5.73 Å². The van der Waals surface area contributed by atoms with Crippen molar-refractivity contribution in [1.82, 2.24) is 0 Å². The lowest BCUT2D eigenvalue weighted by molar-refractivity contribution is 0.235. The molecule has 14 heavy (non-hydrogen) atoms. The summed E-state index contributed by atoms with van der Waals surface area (Å²) in [6, 6.07) is 0. The van der Waals surface area contributed by atoms with Gasteiger partial charge in [0.15, 0.2) is 0 Å². The summed E-state index contributed by atoms with van der Waals surface area (Å²) < 4.78 is 0. The molecular formula is C13H29N. The van der Waals surface area contributed by atoms with E-state index in [0.29, 0.717) is 5.41 Å². The Morgan fingerprint density at radius 3 is 2.29 bits per heavy atom. The lowest BCUT2D eigenvalue weighted by atomic mass is 9.78. The van der Waals surface area contributed by atoms with E-state index >= 15 is 0 Å². The summed E-state index contributed by atoms with van der Waals surface area (Å²) in [6.07, 6.45) is 7.95. The van der Waals surface area contributed by atoms with Crippen LogP contribution < -0.4 is 5.73 Å². The molecule has 0 aromatic heterocycles. The molecule has 1 atom stereocenters. The number of nitrogens with two attached hydrogens (primary N) is 1. The molecule has 0 aromatic rings. The summed E-state index contributed by atoms with van der Waals surface area (Å²) in [5, 5.41) is 0. The van der Waals surface area contributed by atoms with Crippen LogP contribution in [0, 0.1) is 11.3 Å². The second kappa shape index (κ2) is 7.28. The normalized spacial score (nSPS) is 14.4. The number of hydrogen-bond acceptors (Lipinski definition) is 1. The molecule has 1 unspecified atom stereocenters. The van der Waals surface area contributed by atoms with Crippen molar-refractivity contribution < 1.29 is 0 Å². The van der Waals surface area contributed by atoms with Gasteiger partial charge in [-0.1, -0.05) is 53.4 Å². The van der Waals surface area contributed by atoms with Gasteiger partial charge in [-0.05, 0) is 30.7 Å². The molecule has 0 fully saturated rings. The molecule has 0 aliphatic heterocycles. The zero-order valence-electron chi connectivity index (χ0n) is 10.6. The maximum absolute atomic E-state index is 5.63. The topological polar surface area (TPSA) is 26.0 Å². The third kappa shape index (κ3) is 6.42. The average Bonchev–Trinajstić information content (AvgIpc) is 2.12. The average molecular weight is 199 g/mol. The van der Waals surface area contributed by atoms with Gasteiger partial charge in [0, 0.05) is 0 Å². The largest absolute Gasteiger partial charge is 0.330 e. The number of unbranched alkanes of at least 4 members (excludes halogenated alkanes) is 1. The highest BCUT2D eigenvalue weighted by Crippen LogP contribution is 2.32.